The summed E-state index contributed by atoms with van der Waals surface area (Å²) < 4.78 is 69.4. The SMILES string of the molecule is CC(C)C(C(=O)NO)N1CCC(c2ccc(OCc3ccnc4ccccc34)cc2)C1=O.O=C(O)C(F)(F)F.O=C(O)C(F)(F)F. The number of aliphatic carboxylic acids is 2. The Kier molecular flexibility index (Phi) is 12.9. The van der Waals surface area contributed by atoms with E-state index in [0.717, 1.165) is 27.8 Å². The van der Waals surface area contributed by atoms with Gasteiger partial charge in [0, 0.05) is 23.7 Å². The van der Waals surface area contributed by atoms with Gasteiger partial charge in [-0.2, -0.15) is 26.3 Å². The van der Waals surface area contributed by atoms with E-state index in [1.54, 1.807) is 16.6 Å². The van der Waals surface area contributed by atoms with Crippen molar-refractivity contribution in [3.05, 3.63) is 71.9 Å². The first-order chi connectivity index (χ1) is 21.4. The van der Waals surface area contributed by atoms with E-state index < -0.39 is 36.2 Å². The molecule has 1 fully saturated rings. The molecule has 0 radical (unpaired) electrons. The van der Waals surface area contributed by atoms with Crippen LogP contribution in [0, 0.1) is 5.92 Å². The number of benzene rings is 2. The number of nitrogens with zero attached hydrogens (tertiary/aromatic N) is 2. The highest BCUT2D eigenvalue weighted by molar-refractivity contribution is 5.92. The standard InChI is InChI=1S/C25H27N3O4.2C2HF3O2/c1-16(2)23(24(29)27-31)28-14-12-21(25(28)30)17-7-9-19(10-8-17)32-15-18-11-13-26-22-6-4-3-5-20(18)22;2*3-2(4,5)1(6)7/h3-11,13,16,21,23,31H,12,14-15H2,1-2H3,(H,27,29);2*(H,6,7). The molecule has 0 spiro atoms. The Hall–Kier alpha value is -4.93. The van der Waals surface area contributed by atoms with Gasteiger partial charge in [0.2, 0.25) is 5.91 Å². The lowest BCUT2D eigenvalue weighted by atomic mass is 9.97. The molecule has 0 aliphatic carbocycles. The van der Waals surface area contributed by atoms with Gasteiger partial charge in [0.1, 0.15) is 18.4 Å². The van der Waals surface area contributed by atoms with E-state index in [2.05, 4.69) is 4.98 Å². The number of carbonyl (C=O) groups is 4. The molecule has 46 heavy (non-hydrogen) atoms. The summed E-state index contributed by atoms with van der Waals surface area (Å²) in [4.78, 5) is 48.8. The number of fused-ring (bicyclic) bond motifs is 1. The number of hydrogen-bond acceptors (Lipinski definition) is 7. The molecule has 1 aromatic heterocycles. The van der Waals surface area contributed by atoms with Crippen molar-refractivity contribution in [2.75, 3.05) is 6.54 Å². The number of pyridine rings is 1. The molecule has 3 aromatic rings. The number of ether oxygens (including phenoxy) is 1. The molecule has 11 nitrogen and oxygen atoms in total. The van der Waals surface area contributed by atoms with E-state index in [1.807, 2.05) is 68.4 Å². The maximum atomic E-state index is 13.0. The molecule has 0 saturated carbocycles. The van der Waals surface area contributed by atoms with Crippen LogP contribution in [0.3, 0.4) is 0 Å². The number of carbonyl (C=O) groups excluding carboxylic acids is 2. The zero-order chi connectivity index (χ0) is 34.8. The van der Waals surface area contributed by atoms with Crippen LogP contribution in [0.25, 0.3) is 10.9 Å². The first kappa shape index (κ1) is 37.3. The maximum absolute atomic E-state index is 13.0. The number of hydroxylamine groups is 1. The summed E-state index contributed by atoms with van der Waals surface area (Å²) in [6.07, 6.45) is -7.76. The van der Waals surface area contributed by atoms with E-state index in [1.165, 1.54) is 0 Å². The number of aromatic nitrogens is 1. The minimum absolute atomic E-state index is 0.0933. The highest BCUT2D eigenvalue weighted by Crippen LogP contribution is 2.32. The quantitative estimate of drug-likeness (QED) is 0.156. The Balaban J connectivity index is 0.000000440. The fraction of sp³-hybridized carbons (Fsp3) is 0.345. The van der Waals surface area contributed by atoms with Crippen LogP contribution in [0.2, 0.25) is 0 Å². The Labute approximate surface area is 257 Å². The van der Waals surface area contributed by atoms with Crippen LogP contribution in [0.1, 0.15) is 37.3 Å². The van der Waals surface area contributed by atoms with Crippen molar-refractivity contribution in [1.82, 2.24) is 15.4 Å². The molecule has 4 N–H and O–H groups in total. The normalized spacial score (nSPS) is 15.3. The lowest BCUT2D eigenvalue weighted by Crippen LogP contribution is -2.50. The molecule has 1 saturated heterocycles. The van der Waals surface area contributed by atoms with E-state index >= 15 is 0 Å². The molecule has 17 heteroatoms. The van der Waals surface area contributed by atoms with Crippen LogP contribution in [-0.4, -0.2) is 74.0 Å². The van der Waals surface area contributed by atoms with Gasteiger partial charge in [0.05, 0.1) is 11.4 Å². The summed E-state index contributed by atoms with van der Waals surface area (Å²) >= 11 is 0. The number of hydrogen-bond donors (Lipinski definition) is 4. The third kappa shape index (κ3) is 10.3. The average molecular weight is 662 g/mol. The van der Waals surface area contributed by atoms with Gasteiger partial charge in [-0.05, 0) is 42.2 Å². The fourth-order valence-electron chi connectivity index (χ4n) is 4.40. The van der Waals surface area contributed by atoms with E-state index in [9.17, 15) is 35.9 Å². The number of amides is 2. The summed E-state index contributed by atoms with van der Waals surface area (Å²) in [5.74, 6) is -5.85. The molecule has 0 bridgehead atoms. The van der Waals surface area contributed by atoms with Gasteiger partial charge in [0.25, 0.3) is 5.91 Å². The smallest absolute Gasteiger partial charge is 0.489 e. The monoisotopic (exact) mass is 661 g/mol. The molecule has 4 rings (SSSR count). The van der Waals surface area contributed by atoms with Gasteiger partial charge in [-0.3, -0.25) is 19.8 Å². The van der Waals surface area contributed by atoms with Crippen molar-refractivity contribution in [3.63, 3.8) is 0 Å². The van der Waals surface area contributed by atoms with Crippen molar-refractivity contribution in [2.24, 2.45) is 5.92 Å². The lowest BCUT2D eigenvalue weighted by Gasteiger charge is -2.29. The van der Waals surface area contributed by atoms with E-state index in [-0.39, 0.29) is 17.7 Å². The van der Waals surface area contributed by atoms with Crippen molar-refractivity contribution in [3.8, 4) is 5.75 Å². The van der Waals surface area contributed by atoms with E-state index in [0.29, 0.717) is 19.6 Å². The minimum atomic E-state index is -5.08. The number of para-hydroxylation sites is 1. The summed E-state index contributed by atoms with van der Waals surface area (Å²) in [6.45, 7) is 4.62. The second kappa shape index (κ2) is 15.9. The molecule has 2 aromatic carbocycles. The molecular formula is C29H29F6N3O8. The Morgan fingerprint density at radius 1 is 0.957 bits per heavy atom. The van der Waals surface area contributed by atoms with Gasteiger partial charge < -0.3 is 19.8 Å². The highest BCUT2D eigenvalue weighted by Gasteiger charge is 2.41. The van der Waals surface area contributed by atoms with Crippen LogP contribution >= 0.6 is 0 Å². The molecule has 2 amide bonds. The molecule has 2 atom stereocenters. The molecular weight excluding hydrogens is 632 g/mol. The van der Waals surface area contributed by atoms with Gasteiger partial charge in [-0.25, -0.2) is 15.1 Å². The van der Waals surface area contributed by atoms with Crippen LogP contribution in [0.5, 0.6) is 5.75 Å². The van der Waals surface area contributed by atoms with Gasteiger partial charge in [-0.15, -0.1) is 0 Å². The number of halogens is 6. The molecule has 1 aliphatic rings. The van der Waals surface area contributed by atoms with Crippen molar-refractivity contribution in [1.29, 1.82) is 0 Å². The van der Waals surface area contributed by atoms with Gasteiger partial charge in [-0.1, -0.05) is 44.2 Å². The van der Waals surface area contributed by atoms with Crippen LogP contribution in [-0.2, 0) is 25.8 Å². The molecule has 2 unspecified atom stereocenters. The third-order valence-corrected chi connectivity index (χ3v) is 6.49. The molecule has 250 valence electrons. The number of carboxylic acids is 2. The number of nitrogens with one attached hydrogen (secondary N) is 1. The zero-order valence-corrected chi connectivity index (χ0v) is 24.2. The number of carboxylic acid groups (broad SMARTS) is 2. The predicted octanol–water partition coefficient (Wildman–Crippen LogP) is 4.93. The second-order valence-corrected chi connectivity index (χ2v) is 9.99. The van der Waals surface area contributed by atoms with Crippen molar-refractivity contribution >= 4 is 34.7 Å². The maximum Gasteiger partial charge on any atom is 0.490 e. The molecule has 2 heterocycles. The summed E-state index contributed by atoms with van der Waals surface area (Å²) in [5, 5.41) is 24.4. The van der Waals surface area contributed by atoms with Crippen LogP contribution in [0.4, 0.5) is 26.3 Å². The summed E-state index contributed by atoms with van der Waals surface area (Å²) in [7, 11) is 0. The minimum Gasteiger partial charge on any atom is -0.489 e. The van der Waals surface area contributed by atoms with Crippen LogP contribution < -0.4 is 10.2 Å². The van der Waals surface area contributed by atoms with Gasteiger partial charge in [0.15, 0.2) is 0 Å². The van der Waals surface area contributed by atoms with Crippen LogP contribution in [0.15, 0.2) is 60.8 Å². The summed E-state index contributed by atoms with van der Waals surface area (Å²) in [6, 6.07) is 16.8. The van der Waals surface area contributed by atoms with Crippen molar-refractivity contribution < 1.29 is 65.7 Å². The first-order valence-corrected chi connectivity index (χ1v) is 13.3. The Morgan fingerprint density at radius 2 is 1.50 bits per heavy atom. The third-order valence-electron chi connectivity index (χ3n) is 6.49. The lowest BCUT2D eigenvalue weighted by molar-refractivity contribution is -0.193. The summed E-state index contributed by atoms with van der Waals surface area (Å²) in [5.41, 5.74) is 4.58. The first-order valence-electron chi connectivity index (χ1n) is 13.3. The zero-order valence-electron chi connectivity index (χ0n) is 24.2. The number of rotatable bonds is 7. The van der Waals surface area contributed by atoms with Crippen molar-refractivity contribution in [2.45, 2.75) is 51.2 Å². The molecule has 1 aliphatic heterocycles. The largest absolute Gasteiger partial charge is 0.490 e. The second-order valence-electron chi connectivity index (χ2n) is 9.99. The Morgan fingerprint density at radius 3 is 2.00 bits per heavy atom. The predicted molar refractivity (Wildman–Crippen MR) is 148 cm³/mol. The number of likely N-dealkylation sites (tertiary alicyclic amines) is 1. The topological polar surface area (TPSA) is 166 Å². The average Bonchev–Trinajstić information content (AvgIpc) is 3.36. The highest BCUT2D eigenvalue weighted by atomic mass is 19.4. The Bertz CT molecular complexity index is 1480. The number of alkyl halides is 6. The van der Waals surface area contributed by atoms with E-state index in [4.69, 9.17) is 29.7 Å². The van der Waals surface area contributed by atoms with Gasteiger partial charge >= 0.3 is 24.3 Å². The fourth-order valence-corrected chi connectivity index (χ4v) is 4.40.